The molecular weight excluding hydrogens is 320 g/mol. The summed E-state index contributed by atoms with van der Waals surface area (Å²) in [7, 11) is -3.65. The lowest BCUT2D eigenvalue weighted by molar-refractivity contribution is 0.168. The van der Waals surface area contributed by atoms with Crippen molar-refractivity contribution < 1.29 is 22.7 Å². The minimum absolute atomic E-state index is 0.0653. The minimum Gasteiger partial charge on any atom is -0.492 e. The van der Waals surface area contributed by atoms with E-state index < -0.39 is 16.1 Å². The summed E-state index contributed by atoms with van der Waals surface area (Å²) in [5, 5.41) is 2.52. The number of benzene rings is 1. The molecule has 0 aromatic heterocycles. The van der Waals surface area contributed by atoms with Crippen LogP contribution in [0.3, 0.4) is 0 Å². The van der Waals surface area contributed by atoms with Crippen LogP contribution >= 0.6 is 0 Å². The molecule has 0 unspecified atom stereocenters. The largest absolute Gasteiger partial charge is 0.492 e. The molecule has 1 aliphatic rings. The maximum absolute atomic E-state index is 12.8. The van der Waals surface area contributed by atoms with E-state index in [1.54, 1.807) is 26.0 Å². The Labute approximate surface area is 136 Å². The van der Waals surface area contributed by atoms with Crippen LogP contribution < -0.4 is 10.1 Å². The number of ether oxygens (including phenoxy) is 2. The van der Waals surface area contributed by atoms with Gasteiger partial charge in [-0.1, -0.05) is 0 Å². The first-order valence-electron chi connectivity index (χ1n) is 7.69. The number of hydrogen-bond donors (Lipinski definition) is 1. The normalized spacial score (nSPS) is 15.4. The van der Waals surface area contributed by atoms with Crippen LogP contribution in [-0.4, -0.2) is 45.1 Å². The van der Waals surface area contributed by atoms with Gasteiger partial charge in [0.05, 0.1) is 13.2 Å². The van der Waals surface area contributed by atoms with Crippen LogP contribution in [0.2, 0.25) is 0 Å². The molecular formula is C15H22N2O5S. The van der Waals surface area contributed by atoms with Crippen LogP contribution in [0.25, 0.3) is 0 Å². The third-order valence-corrected chi connectivity index (χ3v) is 5.37. The van der Waals surface area contributed by atoms with E-state index in [1.165, 1.54) is 10.4 Å². The Kier molecular flexibility index (Phi) is 5.84. The van der Waals surface area contributed by atoms with Gasteiger partial charge in [-0.2, -0.15) is 4.31 Å². The number of anilines is 1. The van der Waals surface area contributed by atoms with Crippen LogP contribution in [0.1, 0.15) is 26.7 Å². The van der Waals surface area contributed by atoms with E-state index in [0.717, 1.165) is 12.8 Å². The lowest BCUT2D eigenvalue weighted by Crippen LogP contribution is -2.28. The maximum atomic E-state index is 12.8. The molecule has 0 bridgehead atoms. The lowest BCUT2D eigenvalue weighted by Gasteiger charge is -2.19. The first kappa shape index (κ1) is 17.6. The molecule has 1 saturated heterocycles. The molecule has 128 valence electrons. The maximum Gasteiger partial charge on any atom is 0.411 e. The predicted molar refractivity (Wildman–Crippen MR) is 86.2 cm³/mol. The predicted octanol–water partition coefficient (Wildman–Crippen LogP) is 2.44. The summed E-state index contributed by atoms with van der Waals surface area (Å²) < 4.78 is 37.3. The number of nitrogens with one attached hydrogen (secondary N) is 1. The molecule has 0 aliphatic carbocycles. The summed E-state index contributed by atoms with van der Waals surface area (Å²) >= 11 is 0. The first-order chi connectivity index (χ1) is 11.0. The summed E-state index contributed by atoms with van der Waals surface area (Å²) in [5.41, 5.74) is 0.352. The molecule has 0 radical (unpaired) electrons. The van der Waals surface area contributed by atoms with Gasteiger partial charge in [-0.3, -0.25) is 5.32 Å². The summed E-state index contributed by atoms with van der Waals surface area (Å²) in [6.45, 7) is 5.08. The fourth-order valence-corrected chi connectivity index (χ4v) is 4.09. The zero-order chi connectivity index (χ0) is 16.9. The van der Waals surface area contributed by atoms with E-state index in [4.69, 9.17) is 9.47 Å². The molecule has 23 heavy (non-hydrogen) atoms. The highest BCUT2D eigenvalue weighted by molar-refractivity contribution is 7.89. The van der Waals surface area contributed by atoms with Crippen molar-refractivity contribution in [2.75, 3.05) is 31.6 Å². The molecule has 1 aromatic carbocycles. The zero-order valence-electron chi connectivity index (χ0n) is 13.4. The number of hydrogen-bond acceptors (Lipinski definition) is 5. The Hall–Kier alpha value is -1.80. The van der Waals surface area contributed by atoms with Gasteiger partial charge in [0.25, 0.3) is 0 Å². The highest BCUT2D eigenvalue weighted by Crippen LogP contribution is 2.31. The molecule has 7 nitrogen and oxygen atoms in total. The van der Waals surface area contributed by atoms with Gasteiger partial charge in [0, 0.05) is 18.8 Å². The van der Waals surface area contributed by atoms with Gasteiger partial charge in [0.2, 0.25) is 10.0 Å². The number of carbonyl (C=O) groups excluding carboxylic acids is 1. The number of nitrogens with zero attached hydrogens (tertiary/aromatic N) is 1. The molecule has 8 heteroatoms. The van der Waals surface area contributed by atoms with Crippen LogP contribution in [0.4, 0.5) is 10.5 Å². The van der Waals surface area contributed by atoms with Gasteiger partial charge in [0.1, 0.15) is 10.6 Å². The first-order valence-corrected chi connectivity index (χ1v) is 9.13. The van der Waals surface area contributed by atoms with E-state index in [9.17, 15) is 13.2 Å². The second kappa shape index (κ2) is 7.65. The van der Waals surface area contributed by atoms with Gasteiger partial charge in [-0.05, 0) is 44.9 Å². The van der Waals surface area contributed by atoms with E-state index in [2.05, 4.69) is 5.32 Å². The van der Waals surface area contributed by atoms with Crippen molar-refractivity contribution in [3.63, 3.8) is 0 Å². The Bertz CT molecular complexity index is 654. The van der Waals surface area contributed by atoms with Crippen LogP contribution in [-0.2, 0) is 14.8 Å². The van der Waals surface area contributed by atoms with E-state index >= 15 is 0 Å². The smallest absolute Gasteiger partial charge is 0.411 e. The monoisotopic (exact) mass is 342 g/mol. The standard InChI is InChI=1S/C15H22N2O5S/c1-3-21-13-8-7-12(16-15(18)22-4-2)11-14(13)23(19,20)17-9-5-6-10-17/h7-8,11H,3-6,9-10H2,1-2H3,(H,16,18). The minimum atomic E-state index is -3.65. The zero-order valence-corrected chi connectivity index (χ0v) is 14.2. The molecule has 0 saturated carbocycles. The van der Waals surface area contributed by atoms with Crippen LogP contribution in [0.5, 0.6) is 5.75 Å². The third-order valence-electron chi connectivity index (χ3n) is 3.45. The van der Waals surface area contributed by atoms with E-state index in [0.29, 0.717) is 25.4 Å². The van der Waals surface area contributed by atoms with Crippen molar-refractivity contribution in [1.29, 1.82) is 0 Å². The Morgan fingerprint density at radius 1 is 1.22 bits per heavy atom. The SMILES string of the molecule is CCOC(=O)Nc1ccc(OCC)c(S(=O)(=O)N2CCCC2)c1. The third kappa shape index (κ3) is 4.14. The molecule has 1 aromatic rings. The summed E-state index contributed by atoms with van der Waals surface area (Å²) in [6.07, 6.45) is 1.08. The molecule has 1 N–H and O–H groups in total. The van der Waals surface area contributed by atoms with Crippen molar-refractivity contribution in [2.24, 2.45) is 0 Å². The Morgan fingerprint density at radius 3 is 2.52 bits per heavy atom. The molecule has 1 fully saturated rings. The van der Waals surface area contributed by atoms with Crippen molar-refractivity contribution in [1.82, 2.24) is 4.31 Å². The van der Waals surface area contributed by atoms with Gasteiger partial charge >= 0.3 is 6.09 Å². The fraction of sp³-hybridized carbons (Fsp3) is 0.533. The fourth-order valence-electron chi connectivity index (χ4n) is 2.41. The summed E-state index contributed by atoms with van der Waals surface area (Å²) in [4.78, 5) is 11.6. The van der Waals surface area contributed by atoms with Crippen molar-refractivity contribution in [3.05, 3.63) is 18.2 Å². The average molecular weight is 342 g/mol. The van der Waals surface area contributed by atoms with Crippen molar-refractivity contribution in [2.45, 2.75) is 31.6 Å². The van der Waals surface area contributed by atoms with Crippen LogP contribution in [0.15, 0.2) is 23.1 Å². The number of amides is 1. The Morgan fingerprint density at radius 2 is 1.91 bits per heavy atom. The summed E-state index contributed by atoms with van der Waals surface area (Å²) in [6, 6.07) is 4.55. The van der Waals surface area contributed by atoms with Gasteiger partial charge in [-0.25, -0.2) is 13.2 Å². The van der Waals surface area contributed by atoms with Crippen molar-refractivity contribution in [3.8, 4) is 5.75 Å². The van der Waals surface area contributed by atoms with E-state index in [1.807, 2.05) is 0 Å². The quantitative estimate of drug-likeness (QED) is 0.858. The van der Waals surface area contributed by atoms with Gasteiger partial charge in [0.15, 0.2) is 0 Å². The van der Waals surface area contributed by atoms with Gasteiger partial charge < -0.3 is 9.47 Å². The molecule has 0 atom stereocenters. The lowest BCUT2D eigenvalue weighted by atomic mass is 10.3. The highest BCUT2D eigenvalue weighted by Gasteiger charge is 2.30. The second-order valence-corrected chi connectivity index (χ2v) is 6.96. The van der Waals surface area contributed by atoms with Crippen LogP contribution in [0, 0.1) is 0 Å². The second-order valence-electron chi connectivity index (χ2n) is 5.05. The summed E-state index contributed by atoms with van der Waals surface area (Å²) in [5.74, 6) is 0.286. The number of sulfonamides is 1. The molecule has 1 aliphatic heterocycles. The van der Waals surface area contributed by atoms with Crippen molar-refractivity contribution >= 4 is 21.8 Å². The molecule has 2 rings (SSSR count). The molecule has 1 amide bonds. The van der Waals surface area contributed by atoms with Gasteiger partial charge in [-0.15, -0.1) is 0 Å². The highest BCUT2D eigenvalue weighted by atomic mass is 32.2. The van der Waals surface area contributed by atoms with E-state index in [-0.39, 0.29) is 17.3 Å². The number of rotatable bonds is 6. The number of carbonyl (C=O) groups is 1. The molecule has 0 spiro atoms. The topological polar surface area (TPSA) is 84.9 Å². The average Bonchev–Trinajstić information content (AvgIpc) is 3.04. The molecule has 1 heterocycles. The Balaban J connectivity index is 2.35.